The molecule has 1 fully saturated rings. The fourth-order valence-electron chi connectivity index (χ4n) is 2.82. The van der Waals surface area contributed by atoms with Crippen molar-refractivity contribution in [1.82, 2.24) is 15.6 Å². The van der Waals surface area contributed by atoms with E-state index in [1.807, 2.05) is 12.1 Å². The highest BCUT2D eigenvalue weighted by Gasteiger charge is 2.44. The van der Waals surface area contributed by atoms with E-state index < -0.39 is 15.6 Å². The standard InChI is InChI=1S/C17H18Cl2N4O.CHF3O3S/c18-11-1-4-13(5-2-11)22-17(24)23-16-7-8-20-10-14(16)15-6-3-12(19)9-21-15;2-1(3,4)8(5,6)7/h1-6,9,14,16,20H,7-8,10H2,(H2,22,23,24);(H,5,6,7)/t14-,16+;/m0./s1. The molecule has 2 atom stereocenters. The Kier molecular flexibility index (Phi) is 9.10. The maximum atomic E-state index is 12.3. The van der Waals surface area contributed by atoms with E-state index in [1.54, 1.807) is 30.5 Å². The molecule has 0 aliphatic carbocycles. The normalized spacial score (nSPS) is 18.8. The number of benzene rings is 1. The predicted molar refractivity (Wildman–Crippen MR) is 114 cm³/mol. The van der Waals surface area contributed by atoms with Crippen LogP contribution in [0.5, 0.6) is 0 Å². The molecule has 1 aromatic heterocycles. The predicted octanol–water partition coefficient (Wildman–Crippen LogP) is 4.05. The fraction of sp³-hybridized carbons (Fsp3) is 0.333. The van der Waals surface area contributed by atoms with Gasteiger partial charge in [0.15, 0.2) is 0 Å². The molecule has 1 aliphatic heterocycles. The molecule has 1 saturated heterocycles. The van der Waals surface area contributed by atoms with Crippen LogP contribution in [0.2, 0.25) is 10.0 Å². The number of urea groups is 1. The summed E-state index contributed by atoms with van der Waals surface area (Å²) in [4.78, 5) is 16.7. The average molecular weight is 515 g/mol. The Hall–Kier alpha value is -2.12. The Morgan fingerprint density at radius 1 is 1.12 bits per heavy atom. The third-order valence-corrected chi connectivity index (χ3v) is 5.38. The lowest BCUT2D eigenvalue weighted by Crippen LogP contribution is -2.49. The molecule has 4 N–H and O–H groups in total. The summed E-state index contributed by atoms with van der Waals surface area (Å²) >= 11 is 11.8. The zero-order valence-electron chi connectivity index (χ0n) is 16.2. The van der Waals surface area contributed by atoms with E-state index in [1.165, 1.54) is 0 Å². The molecular formula is C18H19Cl2F3N4O4S. The molecule has 0 unspecified atom stereocenters. The second kappa shape index (κ2) is 11.1. The molecule has 3 rings (SSSR count). The van der Waals surface area contributed by atoms with Gasteiger partial charge in [-0.1, -0.05) is 23.2 Å². The average Bonchev–Trinajstić information content (AvgIpc) is 2.70. The molecular weight excluding hydrogens is 496 g/mol. The molecule has 2 heterocycles. The summed E-state index contributed by atoms with van der Waals surface area (Å²) in [5, 5.41) is 10.5. The smallest absolute Gasteiger partial charge is 0.334 e. The number of hydrogen-bond acceptors (Lipinski definition) is 5. The van der Waals surface area contributed by atoms with E-state index >= 15 is 0 Å². The molecule has 0 bridgehead atoms. The first kappa shape index (κ1) is 26.1. The van der Waals surface area contributed by atoms with Gasteiger partial charge in [-0.15, -0.1) is 0 Å². The van der Waals surface area contributed by atoms with Crippen LogP contribution in [0.25, 0.3) is 0 Å². The third kappa shape index (κ3) is 8.10. The number of rotatable bonds is 3. The molecule has 0 radical (unpaired) electrons. The lowest BCUT2D eigenvalue weighted by Gasteiger charge is -2.32. The van der Waals surface area contributed by atoms with Crippen LogP contribution in [0.15, 0.2) is 42.6 Å². The minimum atomic E-state index is -5.84. The molecule has 8 nitrogen and oxygen atoms in total. The highest BCUT2D eigenvalue weighted by Crippen LogP contribution is 2.24. The minimum Gasteiger partial charge on any atom is -0.334 e. The molecule has 2 aromatic rings. The number of carbonyl (C=O) groups excluding carboxylic acids is 1. The number of halogens is 5. The molecule has 176 valence electrons. The minimum absolute atomic E-state index is 0.00669. The maximum absolute atomic E-state index is 12.3. The Morgan fingerprint density at radius 3 is 2.25 bits per heavy atom. The van der Waals surface area contributed by atoms with Crippen molar-refractivity contribution in [3.05, 3.63) is 58.3 Å². The molecule has 32 heavy (non-hydrogen) atoms. The van der Waals surface area contributed by atoms with Gasteiger partial charge < -0.3 is 16.0 Å². The van der Waals surface area contributed by atoms with Gasteiger partial charge in [0.2, 0.25) is 0 Å². The summed E-state index contributed by atoms with van der Waals surface area (Å²) in [6, 6.07) is 10.5. The topological polar surface area (TPSA) is 120 Å². The number of nitrogens with one attached hydrogen (secondary N) is 3. The SMILES string of the molecule is O=C(Nc1ccc(Cl)cc1)N[C@@H]1CCNC[C@H]1c1ccc(Cl)cn1.O=S(=O)(O)C(F)(F)F. The number of pyridine rings is 1. The molecule has 1 aromatic carbocycles. The van der Waals surface area contributed by atoms with Crippen LogP contribution in [0, 0.1) is 0 Å². The lowest BCUT2D eigenvalue weighted by molar-refractivity contribution is -0.0510. The Balaban J connectivity index is 0.000000390. The summed E-state index contributed by atoms with van der Waals surface area (Å²) in [7, 11) is -5.84. The van der Waals surface area contributed by atoms with Crippen molar-refractivity contribution in [1.29, 1.82) is 0 Å². The Labute approximate surface area is 192 Å². The molecule has 0 saturated carbocycles. The number of amides is 2. The van der Waals surface area contributed by atoms with E-state index in [4.69, 9.17) is 36.2 Å². The molecule has 14 heteroatoms. The first-order valence-corrected chi connectivity index (χ1v) is 11.3. The van der Waals surface area contributed by atoms with E-state index in [-0.39, 0.29) is 18.0 Å². The van der Waals surface area contributed by atoms with E-state index in [0.717, 1.165) is 25.2 Å². The molecule has 2 amide bonds. The highest BCUT2D eigenvalue weighted by molar-refractivity contribution is 7.86. The number of alkyl halides is 3. The van der Waals surface area contributed by atoms with Gasteiger partial charge in [-0.25, -0.2) is 4.79 Å². The van der Waals surface area contributed by atoms with Gasteiger partial charge in [0.05, 0.1) is 5.02 Å². The van der Waals surface area contributed by atoms with Crippen LogP contribution in [-0.2, 0) is 10.1 Å². The second-order valence-electron chi connectivity index (χ2n) is 6.63. The number of anilines is 1. The van der Waals surface area contributed by atoms with Crippen molar-refractivity contribution < 1.29 is 30.9 Å². The van der Waals surface area contributed by atoms with Crippen molar-refractivity contribution in [2.75, 3.05) is 18.4 Å². The summed E-state index contributed by atoms with van der Waals surface area (Å²) in [6.07, 6.45) is 2.47. The number of hydrogen-bond donors (Lipinski definition) is 4. The number of carbonyl (C=O) groups is 1. The van der Waals surface area contributed by atoms with Crippen molar-refractivity contribution in [2.45, 2.75) is 23.9 Å². The maximum Gasteiger partial charge on any atom is 0.522 e. The van der Waals surface area contributed by atoms with Crippen LogP contribution in [0.3, 0.4) is 0 Å². The van der Waals surface area contributed by atoms with E-state index in [9.17, 15) is 18.0 Å². The van der Waals surface area contributed by atoms with Crippen LogP contribution in [0.4, 0.5) is 23.7 Å². The van der Waals surface area contributed by atoms with Gasteiger partial charge in [-0.05, 0) is 49.4 Å². The summed E-state index contributed by atoms with van der Waals surface area (Å²) in [5.74, 6) is 0.104. The second-order valence-corrected chi connectivity index (χ2v) is 8.92. The van der Waals surface area contributed by atoms with Crippen LogP contribution < -0.4 is 16.0 Å². The van der Waals surface area contributed by atoms with E-state index in [0.29, 0.717) is 15.7 Å². The highest BCUT2D eigenvalue weighted by atomic mass is 35.5. The van der Waals surface area contributed by atoms with Gasteiger partial charge in [0.25, 0.3) is 0 Å². The van der Waals surface area contributed by atoms with Crippen LogP contribution >= 0.6 is 23.2 Å². The van der Waals surface area contributed by atoms with Gasteiger partial charge >= 0.3 is 21.7 Å². The van der Waals surface area contributed by atoms with Crippen molar-refractivity contribution in [3.8, 4) is 0 Å². The third-order valence-electron chi connectivity index (χ3n) is 4.32. The number of piperidine rings is 1. The summed E-state index contributed by atoms with van der Waals surface area (Å²) < 4.78 is 57.5. The fourth-order valence-corrected chi connectivity index (χ4v) is 3.06. The van der Waals surface area contributed by atoms with Crippen molar-refractivity contribution in [2.24, 2.45) is 0 Å². The monoisotopic (exact) mass is 514 g/mol. The first-order valence-electron chi connectivity index (χ1n) is 9.06. The zero-order chi connectivity index (χ0) is 23.9. The quantitative estimate of drug-likeness (QED) is 0.362. The number of nitrogens with zero attached hydrogens (tertiary/aromatic N) is 1. The van der Waals surface area contributed by atoms with Crippen molar-refractivity contribution in [3.63, 3.8) is 0 Å². The van der Waals surface area contributed by atoms with E-state index in [2.05, 4.69) is 20.9 Å². The summed E-state index contributed by atoms with van der Waals surface area (Å²) in [6.45, 7) is 1.62. The lowest BCUT2D eigenvalue weighted by atomic mass is 9.90. The first-order chi connectivity index (χ1) is 14.9. The Morgan fingerprint density at radius 2 is 1.72 bits per heavy atom. The van der Waals surface area contributed by atoms with Gasteiger partial charge in [-0.3, -0.25) is 9.54 Å². The van der Waals surface area contributed by atoms with Crippen molar-refractivity contribution >= 4 is 45.0 Å². The zero-order valence-corrected chi connectivity index (χ0v) is 18.6. The Bertz CT molecular complexity index is 1010. The van der Waals surface area contributed by atoms with Gasteiger partial charge in [0, 0.05) is 41.1 Å². The van der Waals surface area contributed by atoms with Gasteiger partial charge in [0.1, 0.15) is 0 Å². The van der Waals surface area contributed by atoms with Gasteiger partial charge in [-0.2, -0.15) is 21.6 Å². The largest absolute Gasteiger partial charge is 0.522 e. The molecule has 1 aliphatic rings. The van der Waals surface area contributed by atoms with Crippen LogP contribution in [0.1, 0.15) is 18.0 Å². The molecule has 0 spiro atoms. The summed E-state index contributed by atoms with van der Waals surface area (Å²) in [5.41, 5.74) is -3.91. The van der Waals surface area contributed by atoms with Crippen LogP contribution in [-0.4, -0.2) is 48.6 Å². The number of aromatic nitrogens is 1.